The number of hydrogen-bond donors (Lipinski definition) is 6. The average Bonchev–Trinajstić information content (AvgIpc) is 2.91. The van der Waals surface area contributed by atoms with Gasteiger partial charge in [0.1, 0.15) is 0 Å². The van der Waals surface area contributed by atoms with Crippen LogP contribution >= 0.6 is 37.0 Å². The highest BCUT2D eigenvalue weighted by molar-refractivity contribution is 7.46. The first-order valence-corrected chi connectivity index (χ1v) is 9.20. The van der Waals surface area contributed by atoms with Gasteiger partial charge in [0, 0.05) is 33.4 Å². The molecule has 12 N–H and O–H groups in total. The summed E-state index contributed by atoms with van der Waals surface area (Å²) in [5, 5.41) is 1.67. The molecular formula is C14H20N6P4. The van der Waals surface area contributed by atoms with Gasteiger partial charge >= 0.3 is 0 Å². The summed E-state index contributed by atoms with van der Waals surface area (Å²) in [5.41, 5.74) is 44.6. The van der Waals surface area contributed by atoms with Gasteiger partial charge in [-0.3, -0.25) is 0 Å². The van der Waals surface area contributed by atoms with Crippen molar-refractivity contribution in [2.45, 2.75) is 0 Å². The lowest BCUT2D eigenvalue weighted by Gasteiger charge is -2.18. The Balaban J connectivity index is 2.56. The van der Waals surface area contributed by atoms with Crippen molar-refractivity contribution < 1.29 is 0 Å². The molecule has 0 bridgehead atoms. The van der Waals surface area contributed by atoms with Gasteiger partial charge in [-0.2, -0.15) is 0 Å². The number of fused-ring (bicyclic) bond motifs is 2. The highest BCUT2D eigenvalue weighted by atomic mass is 31.1. The van der Waals surface area contributed by atoms with E-state index in [9.17, 15) is 0 Å². The smallest absolute Gasteiger partial charge is 0.0656 e. The molecule has 0 aliphatic heterocycles. The van der Waals surface area contributed by atoms with Gasteiger partial charge in [-0.25, -0.2) is 0 Å². The van der Waals surface area contributed by atoms with Crippen molar-refractivity contribution >= 4 is 70.9 Å². The maximum atomic E-state index is 6.47. The van der Waals surface area contributed by atoms with E-state index in [1.807, 2.05) is 0 Å². The molecule has 10 heteroatoms. The predicted molar refractivity (Wildman–Crippen MR) is 119 cm³/mol. The largest absolute Gasteiger partial charge is 0.398 e. The summed E-state index contributed by atoms with van der Waals surface area (Å²) in [6, 6.07) is 0. The molecule has 0 heterocycles. The van der Waals surface area contributed by atoms with E-state index in [1.54, 1.807) is 0 Å². The molecule has 1 aromatic carbocycles. The van der Waals surface area contributed by atoms with Crippen molar-refractivity contribution in [1.82, 2.24) is 0 Å². The highest BCUT2D eigenvalue weighted by Crippen LogP contribution is 2.55. The quantitative estimate of drug-likeness (QED) is 0.217. The van der Waals surface area contributed by atoms with Crippen LogP contribution < -0.4 is 34.4 Å². The van der Waals surface area contributed by atoms with E-state index in [2.05, 4.69) is 37.0 Å². The first-order valence-electron chi connectivity index (χ1n) is 6.89. The molecule has 0 fully saturated rings. The van der Waals surface area contributed by atoms with E-state index in [0.29, 0.717) is 56.4 Å². The molecule has 1 aromatic rings. The third-order valence-electron chi connectivity index (χ3n) is 4.31. The zero-order chi connectivity index (χ0) is 18.1. The molecule has 0 aromatic heterocycles. The Morgan fingerprint density at radius 2 is 0.750 bits per heavy atom. The van der Waals surface area contributed by atoms with Gasteiger partial charge in [0.15, 0.2) is 0 Å². The normalized spacial score (nSPS) is 16.0. The Labute approximate surface area is 149 Å². The second kappa shape index (κ2) is 5.61. The molecule has 4 unspecified atom stereocenters. The molecule has 4 atom stereocenters. The van der Waals surface area contributed by atoms with Gasteiger partial charge in [-0.15, -0.1) is 37.0 Å². The lowest BCUT2D eigenvalue weighted by atomic mass is 9.92. The van der Waals surface area contributed by atoms with Crippen molar-refractivity contribution in [3.63, 3.8) is 0 Å². The highest BCUT2D eigenvalue weighted by Gasteiger charge is 2.37. The molecule has 0 saturated heterocycles. The Bertz CT molecular complexity index is 869. The molecule has 24 heavy (non-hydrogen) atoms. The van der Waals surface area contributed by atoms with Gasteiger partial charge in [0.05, 0.1) is 34.2 Å². The van der Waals surface area contributed by atoms with Gasteiger partial charge in [-0.05, 0) is 10.1 Å². The van der Waals surface area contributed by atoms with Crippen LogP contribution in [0.4, 0.5) is 11.4 Å². The number of nitrogens with two attached hydrogens (primary N) is 6. The number of nitrogen functional groups attached to an aromatic ring is 2. The van der Waals surface area contributed by atoms with Gasteiger partial charge < -0.3 is 34.4 Å². The van der Waals surface area contributed by atoms with E-state index in [1.165, 1.54) is 0 Å². The van der Waals surface area contributed by atoms with Crippen LogP contribution in [-0.4, -0.2) is 0 Å². The summed E-state index contributed by atoms with van der Waals surface area (Å²) in [4.78, 5) is 0. The standard InChI is InChI=1S/C14H20N6P4/c15-7-1-3(9(17)11(19)5(1)13(21)22)8(16)2-4(7)10(18)12(20)6(2)14(23)24/h15-24H2. The minimum Gasteiger partial charge on any atom is -0.398 e. The van der Waals surface area contributed by atoms with Gasteiger partial charge in [0.25, 0.3) is 0 Å². The van der Waals surface area contributed by atoms with E-state index < -0.39 is 0 Å². The van der Waals surface area contributed by atoms with Crippen LogP contribution in [0.2, 0.25) is 0 Å². The molecule has 6 nitrogen and oxygen atoms in total. The predicted octanol–water partition coefficient (Wildman–Crippen LogP) is 0.888. The van der Waals surface area contributed by atoms with Gasteiger partial charge in [0.2, 0.25) is 0 Å². The zero-order valence-corrected chi connectivity index (χ0v) is 17.4. The average molecular weight is 396 g/mol. The SMILES string of the molecule is NC1=C(N)c2c(N)c3c(c(N)c2C1=C(P)P)C(N)=C(N)C3=C(P)P. The van der Waals surface area contributed by atoms with Crippen LogP contribution in [0.5, 0.6) is 0 Å². The third-order valence-corrected chi connectivity index (χ3v) is 5.47. The lowest BCUT2D eigenvalue weighted by Crippen LogP contribution is -2.10. The molecule has 2 aliphatic carbocycles. The van der Waals surface area contributed by atoms with Gasteiger partial charge in [-0.1, -0.05) is 0 Å². The van der Waals surface area contributed by atoms with Crippen LogP contribution in [0.25, 0.3) is 22.5 Å². The number of hydrogen-bond acceptors (Lipinski definition) is 6. The van der Waals surface area contributed by atoms with E-state index in [0.717, 1.165) is 21.3 Å². The molecule has 126 valence electrons. The molecule has 0 saturated carbocycles. The second-order valence-electron chi connectivity index (χ2n) is 5.64. The molecule has 0 amide bonds. The Morgan fingerprint density at radius 1 is 0.458 bits per heavy atom. The summed E-state index contributed by atoms with van der Waals surface area (Å²) in [7, 11) is 10.4. The van der Waals surface area contributed by atoms with Crippen molar-refractivity contribution in [2.24, 2.45) is 22.9 Å². The minimum atomic E-state index is 0.409. The summed E-state index contributed by atoms with van der Waals surface area (Å²) in [6.45, 7) is 0. The Morgan fingerprint density at radius 3 is 1.00 bits per heavy atom. The van der Waals surface area contributed by atoms with Crippen LogP contribution in [0.15, 0.2) is 21.5 Å². The van der Waals surface area contributed by atoms with Crippen LogP contribution in [0.1, 0.15) is 22.3 Å². The summed E-state index contributed by atoms with van der Waals surface area (Å²) in [5.74, 6) is 0. The fraction of sp³-hybridized carbons (Fsp3) is 0. The Kier molecular flexibility index (Phi) is 4.10. The monoisotopic (exact) mass is 396 g/mol. The number of allylic oxidation sites excluding steroid dienone is 2. The first kappa shape index (κ1) is 17.5. The summed E-state index contributed by atoms with van der Waals surface area (Å²) in [6.07, 6.45) is 0. The fourth-order valence-corrected chi connectivity index (χ4v) is 4.47. The van der Waals surface area contributed by atoms with E-state index >= 15 is 0 Å². The lowest BCUT2D eigenvalue weighted by molar-refractivity contribution is 1.43. The number of benzene rings is 1. The number of anilines is 2. The van der Waals surface area contributed by atoms with Crippen LogP contribution in [0.3, 0.4) is 0 Å². The zero-order valence-electron chi connectivity index (χ0n) is 12.8. The summed E-state index contributed by atoms with van der Waals surface area (Å²) >= 11 is 0. The van der Waals surface area contributed by atoms with E-state index in [-0.39, 0.29) is 0 Å². The first-order chi connectivity index (χ1) is 11.1. The maximum Gasteiger partial charge on any atom is 0.0656 e. The van der Waals surface area contributed by atoms with Crippen molar-refractivity contribution in [2.75, 3.05) is 11.5 Å². The third kappa shape index (κ3) is 2.04. The molecule has 2 aliphatic rings. The van der Waals surface area contributed by atoms with E-state index in [4.69, 9.17) is 34.4 Å². The molecule has 0 spiro atoms. The number of rotatable bonds is 0. The minimum absolute atomic E-state index is 0.409. The van der Waals surface area contributed by atoms with Crippen molar-refractivity contribution in [3.05, 3.63) is 43.8 Å². The van der Waals surface area contributed by atoms with Crippen molar-refractivity contribution in [3.8, 4) is 0 Å². The molecular weight excluding hydrogens is 376 g/mol. The van der Waals surface area contributed by atoms with Crippen LogP contribution in [-0.2, 0) is 0 Å². The maximum absolute atomic E-state index is 6.47. The summed E-state index contributed by atoms with van der Waals surface area (Å²) < 4.78 is 0. The topological polar surface area (TPSA) is 156 Å². The van der Waals surface area contributed by atoms with Crippen molar-refractivity contribution in [1.29, 1.82) is 0 Å². The second-order valence-corrected chi connectivity index (χ2v) is 9.46. The Hall–Kier alpha value is -1.30. The van der Waals surface area contributed by atoms with Crippen LogP contribution in [0, 0.1) is 0 Å². The fourth-order valence-electron chi connectivity index (χ4n) is 3.28. The molecule has 0 radical (unpaired) electrons. The molecule has 3 rings (SSSR count).